The average Bonchev–Trinajstić information content (AvgIpc) is 3.15. The molecule has 24 heavy (non-hydrogen) atoms. The first kappa shape index (κ1) is 17.8. The summed E-state index contributed by atoms with van der Waals surface area (Å²) in [7, 11) is 0. The van der Waals surface area contributed by atoms with E-state index in [1.807, 2.05) is 36.9 Å². The lowest BCUT2D eigenvalue weighted by molar-refractivity contribution is -0.126. The molecule has 2 heterocycles. The zero-order chi connectivity index (χ0) is 16.8. The minimum Gasteiger partial charge on any atom is -0.381 e. The summed E-state index contributed by atoms with van der Waals surface area (Å²) >= 11 is 1.97. The minimum absolute atomic E-state index is 0.0584. The Balaban J connectivity index is 1.64. The Morgan fingerprint density at radius 2 is 2.08 bits per heavy atom. The molecule has 4 nitrogen and oxygen atoms in total. The molecule has 3 rings (SSSR count). The predicted octanol–water partition coefficient (Wildman–Crippen LogP) is 2.71. The maximum absolute atomic E-state index is 12.8. The standard InChI is InChI=1S/C19H28N2O2S/c1-15(21-8-11-24-12-9-21)19(22)20-18(13-16-7-10-23-14-16)17-5-3-2-4-6-17/h2-6,15-16,18H,7-14H2,1H3,(H,20,22)/t15-,16-,18-/m0/s1. The quantitative estimate of drug-likeness (QED) is 0.858. The second-order valence-electron chi connectivity index (χ2n) is 6.76. The van der Waals surface area contributed by atoms with Crippen molar-refractivity contribution in [3.8, 4) is 0 Å². The maximum atomic E-state index is 12.8. The van der Waals surface area contributed by atoms with Crippen LogP contribution in [0.5, 0.6) is 0 Å². The number of carbonyl (C=O) groups is 1. The molecule has 5 heteroatoms. The second kappa shape index (κ2) is 8.88. The van der Waals surface area contributed by atoms with Crippen molar-refractivity contribution in [1.29, 1.82) is 0 Å². The molecule has 1 aromatic rings. The van der Waals surface area contributed by atoms with Gasteiger partial charge in [-0.3, -0.25) is 9.69 Å². The van der Waals surface area contributed by atoms with Gasteiger partial charge in [0, 0.05) is 37.8 Å². The molecular weight excluding hydrogens is 320 g/mol. The van der Waals surface area contributed by atoms with Crippen LogP contribution in [0.2, 0.25) is 0 Å². The SMILES string of the molecule is C[C@@H](C(=O)N[C@@H](C[C@@H]1CCOC1)c1ccccc1)N1CCSCC1. The maximum Gasteiger partial charge on any atom is 0.237 e. The number of benzene rings is 1. The van der Waals surface area contributed by atoms with Crippen LogP contribution in [-0.2, 0) is 9.53 Å². The molecule has 0 bridgehead atoms. The molecule has 3 atom stereocenters. The van der Waals surface area contributed by atoms with E-state index < -0.39 is 0 Å². The van der Waals surface area contributed by atoms with Crippen LogP contribution in [0.25, 0.3) is 0 Å². The Kier molecular flexibility index (Phi) is 6.58. The first-order chi connectivity index (χ1) is 11.7. The number of hydrogen-bond acceptors (Lipinski definition) is 4. The normalized spacial score (nSPS) is 24.5. The van der Waals surface area contributed by atoms with E-state index in [2.05, 4.69) is 22.3 Å². The van der Waals surface area contributed by atoms with Gasteiger partial charge in [-0.2, -0.15) is 11.8 Å². The van der Waals surface area contributed by atoms with Crippen molar-refractivity contribution < 1.29 is 9.53 Å². The monoisotopic (exact) mass is 348 g/mol. The molecule has 0 spiro atoms. The largest absolute Gasteiger partial charge is 0.381 e. The topological polar surface area (TPSA) is 41.6 Å². The molecule has 0 aromatic heterocycles. The Bertz CT molecular complexity index is 513. The smallest absolute Gasteiger partial charge is 0.237 e. The fraction of sp³-hybridized carbons (Fsp3) is 0.632. The summed E-state index contributed by atoms with van der Waals surface area (Å²) in [5.74, 6) is 2.94. The molecule has 1 aromatic carbocycles. The molecule has 0 saturated carbocycles. The molecule has 0 unspecified atom stereocenters. The van der Waals surface area contributed by atoms with Gasteiger partial charge >= 0.3 is 0 Å². The van der Waals surface area contributed by atoms with Crippen LogP contribution in [0.3, 0.4) is 0 Å². The summed E-state index contributed by atoms with van der Waals surface area (Å²) in [6.45, 7) is 5.71. The molecule has 0 radical (unpaired) electrons. The minimum atomic E-state index is -0.0584. The first-order valence-electron chi connectivity index (χ1n) is 8.99. The molecule has 2 saturated heterocycles. The molecule has 132 valence electrons. The zero-order valence-corrected chi connectivity index (χ0v) is 15.3. The van der Waals surface area contributed by atoms with Gasteiger partial charge < -0.3 is 10.1 Å². The van der Waals surface area contributed by atoms with Gasteiger partial charge in [-0.25, -0.2) is 0 Å². The highest BCUT2D eigenvalue weighted by Gasteiger charge is 2.27. The van der Waals surface area contributed by atoms with Crippen LogP contribution in [0, 0.1) is 5.92 Å². The second-order valence-corrected chi connectivity index (χ2v) is 7.99. The lowest BCUT2D eigenvalue weighted by Crippen LogP contribution is -2.49. The molecule has 1 N–H and O–H groups in total. The summed E-state index contributed by atoms with van der Waals surface area (Å²) in [6, 6.07) is 10.4. The average molecular weight is 349 g/mol. The third-order valence-electron chi connectivity index (χ3n) is 5.08. The number of carbonyl (C=O) groups excluding carboxylic acids is 1. The lowest BCUT2D eigenvalue weighted by Gasteiger charge is -2.32. The van der Waals surface area contributed by atoms with Crippen LogP contribution in [-0.4, -0.2) is 54.7 Å². The Labute approximate surface area is 149 Å². The van der Waals surface area contributed by atoms with Crippen LogP contribution < -0.4 is 5.32 Å². The fourth-order valence-electron chi connectivity index (χ4n) is 3.49. The summed E-state index contributed by atoms with van der Waals surface area (Å²) < 4.78 is 5.52. The highest BCUT2D eigenvalue weighted by molar-refractivity contribution is 7.99. The van der Waals surface area contributed by atoms with Crippen molar-refractivity contribution in [2.45, 2.75) is 31.8 Å². The molecular formula is C19H28N2O2S. The molecule has 2 aliphatic heterocycles. The molecule has 0 aliphatic carbocycles. The van der Waals surface area contributed by atoms with E-state index in [4.69, 9.17) is 4.74 Å². The third kappa shape index (κ3) is 4.74. The summed E-state index contributed by atoms with van der Waals surface area (Å²) in [6.07, 6.45) is 2.05. The molecule has 2 aliphatic rings. The van der Waals surface area contributed by atoms with E-state index in [1.54, 1.807) is 0 Å². The first-order valence-corrected chi connectivity index (χ1v) is 10.1. The van der Waals surface area contributed by atoms with Crippen LogP contribution in [0.15, 0.2) is 30.3 Å². The molecule has 1 amide bonds. The van der Waals surface area contributed by atoms with Crippen LogP contribution in [0.1, 0.15) is 31.4 Å². The Hall–Kier alpha value is -1.04. The van der Waals surface area contributed by atoms with E-state index in [1.165, 1.54) is 5.56 Å². The number of thioether (sulfide) groups is 1. The van der Waals surface area contributed by atoms with E-state index in [-0.39, 0.29) is 18.0 Å². The number of hydrogen-bond donors (Lipinski definition) is 1. The van der Waals surface area contributed by atoms with Crippen molar-refractivity contribution in [3.05, 3.63) is 35.9 Å². The summed E-state index contributed by atoms with van der Waals surface area (Å²) in [5, 5.41) is 3.31. The van der Waals surface area contributed by atoms with Gasteiger partial charge in [0.1, 0.15) is 0 Å². The van der Waals surface area contributed by atoms with Gasteiger partial charge in [0.25, 0.3) is 0 Å². The van der Waals surface area contributed by atoms with Crippen molar-refractivity contribution in [1.82, 2.24) is 10.2 Å². The van der Waals surface area contributed by atoms with Gasteiger partial charge in [-0.05, 0) is 31.2 Å². The van der Waals surface area contributed by atoms with Crippen LogP contribution in [0.4, 0.5) is 0 Å². The van der Waals surface area contributed by atoms with Crippen molar-refractivity contribution in [2.75, 3.05) is 37.8 Å². The summed E-state index contributed by atoms with van der Waals surface area (Å²) in [5.41, 5.74) is 1.19. The highest BCUT2D eigenvalue weighted by Crippen LogP contribution is 2.27. The van der Waals surface area contributed by atoms with Gasteiger partial charge in [-0.1, -0.05) is 30.3 Å². The number of rotatable bonds is 6. The Morgan fingerprint density at radius 3 is 2.75 bits per heavy atom. The van der Waals surface area contributed by atoms with Crippen molar-refractivity contribution >= 4 is 17.7 Å². The van der Waals surface area contributed by atoms with Gasteiger partial charge in [0.15, 0.2) is 0 Å². The van der Waals surface area contributed by atoms with Crippen molar-refractivity contribution in [3.63, 3.8) is 0 Å². The van der Waals surface area contributed by atoms with E-state index in [0.717, 1.165) is 50.7 Å². The number of amides is 1. The van der Waals surface area contributed by atoms with E-state index in [9.17, 15) is 4.79 Å². The highest BCUT2D eigenvalue weighted by atomic mass is 32.2. The summed E-state index contributed by atoms with van der Waals surface area (Å²) in [4.78, 5) is 15.1. The number of ether oxygens (including phenoxy) is 1. The van der Waals surface area contributed by atoms with Gasteiger partial charge in [-0.15, -0.1) is 0 Å². The number of nitrogens with one attached hydrogen (secondary N) is 1. The molecule has 2 fully saturated rings. The van der Waals surface area contributed by atoms with Crippen LogP contribution >= 0.6 is 11.8 Å². The van der Waals surface area contributed by atoms with Gasteiger partial charge in [0.05, 0.1) is 12.1 Å². The third-order valence-corrected chi connectivity index (χ3v) is 6.03. The number of nitrogens with zero attached hydrogens (tertiary/aromatic N) is 1. The predicted molar refractivity (Wildman–Crippen MR) is 99.2 cm³/mol. The van der Waals surface area contributed by atoms with Crippen molar-refractivity contribution in [2.24, 2.45) is 5.92 Å². The zero-order valence-electron chi connectivity index (χ0n) is 14.4. The fourth-order valence-corrected chi connectivity index (χ4v) is 4.42. The van der Waals surface area contributed by atoms with Gasteiger partial charge in [0.2, 0.25) is 5.91 Å². The lowest BCUT2D eigenvalue weighted by atomic mass is 9.94. The van der Waals surface area contributed by atoms with E-state index in [0.29, 0.717) is 5.92 Å². The Morgan fingerprint density at radius 1 is 1.33 bits per heavy atom. The van der Waals surface area contributed by atoms with E-state index >= 15 is 0 Å².